The van der Waals surface area contributed by atoms with Crippen LogP contribution in [0.1, 0.15) is 5.56 Å². The number of phenolic OH excluding ortho intramolecular Hbond substituents is 2. The minimum Gasteiger partial charge on any atom is -0.504 e. The Balaban J connectivity index is 2.01. The van der Waals surface area contributed by atoms with E-state index in [0.29, 0.717) is 4.90 Å². The Morgan fingerprint density at radius 1 is 0.960 bits per heavy atom. The maximum atomic E-state index is 13.0. The predicted molar refractivity (Wildman–Crippen MR) is 85.2 cm³/mol. The standard InChI is InChI=1S/C17H11FN2O5/c18-10-2-4-11(5-3-10)20-16(24)12(15(23)19-17(20)25)7-9-1-6-13(21)14(22)8-9/h1-8,21-22H,(H,19,23,25)/b12-7-. The van der Waals surface area contributed by atoms with Crippen molar-refractivity contribution in [2.75, 3.05) is 4.90 Å². The van der Waals surface area contributed by atoms with Crippen molar-refractivity contribution >= 4 is 29.6 Å². The van der Waals surface area contributed by atoms with Gasteiger partial charge in [-0.15, -0.1) is 0 Å². The summed E-state index contributed by atoms with van der Waals surface area (Å²) in [5.41, 5.74) is 0.00655. The molecular weight excluding hydrogens is 331 g/mol. The summed E-state index contributed by atoms with van der Waals surface area (Å²) >= 11 is 0. The SMILES string of the molecule is O=C1NC(=O)N(c2ccc(F)cc2)C(=O)/C1=C\c1ccc(O)c(O)c1. The average Bonchev–Trinajstić information content (AvgIpc) is 2.56. The molecule has 3 N–H and O–H groups in total. The normalized spacial score (nSPS) is 16.3. The number of anilines is 1. The topological polar surface area (TPSA) is 107 Å². The van der Waals surface area contributed by atoms with Crippen molar-refractivity contribution in [1.29, 1.82) is 0 Å². The molecule has 2 aromatic carbocycles. The van der Waals surface area contributed by atoms with E-state index >= 15 is 0 Å². The summed E-state index contributed by atoms with van der Waals surface area (Å²) in [4.78, 5) is 37.2. The molecule has 126 valence electrons. The molecule has 1 heterocycles. The molecule has 0 aliphatic carbocycles. The van der Waals surface area contributed by atoms with E-state index in [2.05, 4.69) is 0 Å². The summed E-state index contributed by atoms with van der Waals surface area (Å²) in [7, 11) is 0. The number of phenols is 2. The highest BCUT2D eigenvalue weighted by Crippen LogP contribution is 2.27. The Labute approximate surface area is 140 Å². The first-order chi connectivity index (χ1) is 11.9. The molecule has 1 aliphatic rings. The van der Waals surface area contributed by atoms with E-state index in [-0.39, 0.29) is 22.6 Å². The molecule has 3 rings (SSSR count). The molecule has 0 radical (unpaired) electrons. The fraction of sp³-hybridized carbons (Fsp3) is 0. The first kappa shape index (κ1) is 16.2. The number of rotatable bonds is 2. The molecule has 25 heavy (non-hydrogen) atoms. The van der Waals surface area contributed by atoms with E-state index in [1.807, 2.05) is 5.32 Å². The lowest BCUT2D eigenvalue weighted by atomic mass is 10.1. The van der Waals surface area contributed by atoms with Crippen molar-refractivity contribution in [3.05, 3.63) is 59.4 Å². The number of urea groups is 1. The fourth-order valence-electron chi connectivity index (χ4n) is 2.28. The lowest BCUT2D eigenvalue weighted by Crippen LogP contribution is -2.54. The first-order valence-electron chi connectivity index (χ1n) is 7.06. The number of nitrogens with zero attached hydrogens (tertiary/aromatic N) is 1. The Kier molecular flexibility index (Phi) is 3.94. The van der Waals surface area contributed by atoms with E-state index in [1.165, 1.54) is 30.3 Å². The molecule has 0 atom stereocenters. The van der Waals surface area contributed by atoms with Crippen LogP contribution in [-0.4, -0.2) is 28.1 Å². The number of nitrogens with one attached hydrogen (secondary N) is 1. The second-order valence-electron chi connectivity index (χ2n) is 5.18. The van der Waals surface area contributed by atoms with Crippen LogP contribution in [0.2, 0.25) is 0 Å². The molecule has 7 nitrogen and oxygen atoms in total. The van der Waals surface area contributed by atoms with Crippen LogP contribution >= 0.6 is 0 Å². The van der Waals surface area contributed by atoms with E-state index < -0.39 is 29.4 Å². The third-order valence-corrected chi connectivity index (χ3v) is 3.50. The summed E-state index contributed by atoms with van der Waals surface area (Å²) < 4.78 is 13.0. The maximum Gasteiger partial charge on any atom is 0.335 e. The number of halogens is 1. The van der Waals surface area contributed by atoms with Crippen LogP contribution in [0.15, 0.2) is 48.0 Å². The molecule has 1 aliphatic heterocycles. The Morgan fingerprint density at radius 3 is 2.28 bits per heavy atom. The molecule has 0 unspecified atom stereocenters. The Bertz CT molecular complexity index is 921. The number of carbonyl (C=O) groups excluding carboxylic acids is 3. The average molecular weight is 342 g/mol. The van der Waals surface area contributed by atoms with Crippen molar-refractivity contribution in [3.63, 3.8) is 0 Å². The van der Waals surface area contributed by atoms with Gasteiger partial charge < -0.3 is 10.2 Å². The van der Waals surface area contributed by atoms with Crippen molar-refractivity contribution in [2.45, 2.75) is 0 Å². The summed E-state index contributed by atoms with van der Waals surface area (Å²) in [6.45, 7) is 0. The lowest BCUT2D eigenvalue weighted by Gasteiger charge is -2.26. The van der Waals surface area contributed by atoms with Gasteiger partial charge in [-0.1, -0.05) is 6.07 Å². The highest BCUT2D eigenvalue weighted by molar-refractivity contribution is 6.39. The van der Waals surface area contributed by atoms with Gasteiger partial charge in [0.25, 0.3) is 11.8 Å². The lowest BCUT2D eigenvalue weighted by molar-refractivity contribution is -0.122. The van der Waals surface area contributed by atoms with Crippen LogP contribution in [0.3, 0.4) is 0 Å². The number of aromatic hydroxyl groups is 2. The van der Waals surface area contributed by atoms with Crippen LogP contribution in [0.25, 0.3) is 6.08 Å². The van der Waals surface area contributed by atoms with Gasteiger partial charge in [-0.3, -0.25) is 14.9 Å². The second-order valence-corrected chi connectivity index (χ2v) is 5.18. The van der Waals surface area contributed by atoms with Crippen molar-refractivity contribution in [3.8, 4) is 11.5 Å². The summed E-state index contributed by atoms with van der Waals surface area (Å²) in [6.07, 6.45) is 1.17. The third kappa shape index (κ3) is 3.05. The number of amides is 4. The number of carbonyl (C=O) groups is 3. The molecule has 0 bridgehead atoms. The number of hydrogen-bond donors (Lipinski definition) is 3. The minimum absolute atomic E-state index is 0.0934. The largest absolute Gasteiger partial charge is 0.504 e. The van der Waals surface area contributed by atoms with Crippen molar-refractivity contribution < 1.29 is 29.0 Å². The van der Waals surface area contributed by atoms with Gasteiger partial charge in [0.2, 0.25) is 0 Å². The first-order valence-corrected chi connectivity index (χ1v) is 7.06. The summed E-state index contributed by atoms with van der Waals surface area (Å²) in [5.74, 6) is -3.12. The zero-order valence-corrected chi connectivity index (χ0v) is 12.6. The number of hydrogen-bond acceptors (Lipinski definition) is 5. The molecule has 0 spiro atoms. The highest BCUT2D eigenvalue weighted by Gasteiger charge is 2.36. The minimum atomic E-state index is -0.952. The van der Waals surface area contributed by atoms with Crippen LogP contribution in [-0.2, 0) is 9.59 Å². The van der Waals surface area contributed by atoms with Gasteiger partial charge >= 0.3 is 6.03 Å². The third-order valence-electron chi connectivity index (χ3n) is 3.50. The summed E-state index contributed by atoms with van der Waals surface area (Å²) in [6, 6.07) is 7.38. The van der Waals surface area contributed by atoms with Gasteiger partial charge in [0.1, 0.15) is 11.4 Å². The Hall–Kier alpha value is -3.68. The molecule has 2 aromatic rings. The van der Waals surface area contributed by atoms with Gasteiger partial charge in [0.15, 0.2) is 11.5 Å². The van der Waals surface area contributed by atoms with E-state index in [1.54, 1.807) is 0 Å². The maximum absolute atomic E-state index is 13.0. The zero-order valence-electron chi connectivity index (χ0n) is 12.6. The Morgan fingerprint density at radius 2 is 1.64 bits per heavy atom. The highest BCUT2D eigenvalue weighted by atomic mass is 19.1. The molecule has 4 amide bonds. The molecule has 1 saturated heterocycles. The molecule has 1 fully saturated rings. The van der Waals surface area contributed by atoms with Crippen molar-refractivity contribution in [1.82, 2.24) is 5.32 Å². The molecule has 0 aromatic heterocycles. The molecule has 0 saturated carbocycles. The van der Waals surface area contributed by atoms with E-state index in [9.17, 15) is 29.0 Å². The van der Waals surface area contributed by atoms with E-state index in [4.69, 9.17) is 0 Å². The van der Waals surface area contributed by atoms with Crippen molar-refractivity contribution in [2.24, 2.45) is 0 Å². The predicted octanol–water partition coefficient (Wildman–Crippen LogP) is 1.90. The molecular formula is C17H11FN2O5. The van der Waals surface area contributed by atoms with Gasteiger partial charge in [0, 0.05) is 0 Å². The number of barbiturate groups is 1. The summed E-state index contributed by atoms with van der Waals surface area (Å²) in [5, 5.41) is 20.8. The van der Waals surface area contributed by atoms with Crippen LogP contribution in [0.5, 0.6) is 11.5 Å². The van der Waals surface area contributed by atoms with Gasteiger partial charge in [0.05, 0.1) is 5.69 Å². The number of imide groups is 2. The fourth-order valence-corrected chi connectivity index (χ4v) is 2.28. The second kappa shape index (κ2) is 6.08. The zero-order chi connectivity index (χ0) is 18.1. The monoisotopic (exact) mass is 342 g/mol. The van der Waals surface area contributed by atoms with Crippen LogP contribution < -0.4 is 10.2 Å². The quantitative estimate of drug-likeness (QED) is 0.439. The van der Waals surface area contributed by atoms with Crippen LogP contribution in [0, 0.1) is 5.82 Å². The van der Waals surface area contributed by atoms with E-state index in [0.717, 1.165) is 18.2 Å². The van der Waals surface area contributed by atoms with Gasteiger partial charge in [-0.25, -0.2) is 14.1 Å². The smallest absolute Gasteiger partial charge is 0.335 e. The molecule has 8 heteroatoms. The van der Waals surface area contributed by atoms with Gasteiger partial charge in [-0.2, -0.15) is 0 Å². The van der Waals surface area contributed by atoms with Crippen LogP contribution in [0.4, 0.5) is 14.9 Å². The van der Waals surface area contributed by atoms with Gasteiger partial charge in [-0.05, 0) is 48.0 Å². The number of benzene rings is 2.